The maximum Gasteiger partial charge on any atom is 0.307 e. The highest BCUT2D eigenvalue weighted by atomic mass is 79.9. The monoisotopic (exact) mass is 367 g/mol. The van der Waals surface area contributed by atoms with E-state index in [1.54, 1.807) is 0 Å². The van der Waals surface area contributed by atoms with E-state index < -0.39 is 5.97 Å². The van der Waals surface area contributed by atoms with Crippen LogP contribution >= 0.6 is 15.9 Å². The number of hydrogen-bond acceptors (Lipinski definition) is 2. The van der Waals surface area contributed by atoms with Gasteiger partial charge in [-0.2, -0.15) is 0 Å². The molecule has 1 aromatic rings. The molecule has 3 N–H and O–H groups in total. The van der Waals surface area contributed by atoms with Gasteiger partial charge in [0.25, 0.3) is 0 Å². The smallest absolute Gasteiger partial charge is 0.307 e. The van der Waals surface area contributed by atoms with Crippen LogP contribution in [0.3, 0.4) is 0 Å². The zero-order chi connectivity index (χ0) is 15.9. The highest BCUT2D eigenvalue weighted by Crippen LogP contribution is 2.47. The van der Waals surface area contributed by atoms with Crippen LogP contribution in [0.1, 0.15) is 56.4 Å². The fraction of sp³-hybridized carbons (Fsp3) is 0.611. The van der Waals surface area contributed by atoms with Gasteiger partial charge in [-0.15, -0.1) is 0 Å². The van der Waals surface area contributed by atoms with Crippen molar-refractivity contribution in [1.29, 1.82) is 0 Å². The Balaban J connectivity index is 0.000000172. The molecule has 0 aliphatic heterocycles. The highest BCUT2D eigenvalue weighted by molar-refractivity contribution is 9.10. The number of rotatable bonds is 4. The Morgan fingerprint density at radius 1 is 1.18 bits per heavy atom. The van der Waals surface area contributed by atoms with E-state index in [1.165, 1.54) is 38.5 Å². The molecule has 0 amide bonds. The van der Waals surface area contributed by atoms with Gasteiger partial charge in [-0.1, -0.05) is 60.2 Å². The summed E-state index contributed by atoms with van der Waals surface area (Å²) in [5.74, 6) is 0.392. The minimum Gasteiger partial charge on any atom is -0.481 e. The van der Waals surface area contributed by atoms with Crippen molar-refractivity contribution in [3.05, 3.63) is 34.3 Å². The first-order valence-electron chi connectivity index (χ1n) is 8.30. The average Bonchev–Trinajstić information content (AvgIpc) is 3.31. The Bertz CT molecular complexity index is 466. The van der Waals surface area contributed by atoms with E-state index >= 15 is 0 Å². The molecule has 3 nitrogen and oxygen atoms in total. The van der Waals surface area contributed by atoms with Crippen LogP contribution in [-0.2, 0) is 4.79 Å². The molecule has 0 heterocycles. The third kappa shape index (κ3) is 5.40. The van der Waals surface area contributed by atoms with Crippen molar-refractivity contribution in [1.82, 2.24) is 0 Å². The summed E-state index contributed by atoms with van der Waals surface area (Å²) in [7, 11) is 0. The Labute approximate surface area is 141 Å². The molecule has 2 atom stereocenters. The van der Waals surface area contributed by atoms with Crippen LogP contribution in [0, 0.1) is 11.8 Å². The summed E-state index contributed by atoms with van der Waals surface area (Å²) in [5.41, 5.74) is 6.59. The SMILES string of the molecule is NCCC1CCCCC1.O=C(O)[C@@H]1CC1c1ccc(Br)cc1. The fourth-order valence-electron chi connectivity index (χ4n) is 3.26. The Morgan fingerprint density at radius 2 is 1.82 bits per heavy atom. The summed E-state index contributed by atoms with van der Waals surface area (Å²) >= 11 is 3.34. The topological polar surface area (TPSA) is 63.3 Å². The lowest BCUT2D eigenvalue weighted by Gasteiger charge is -2.20. The Kier molecular flexibility index (Phi) is 6.90. The zero-order valence-electron chi connectivity index (χ0n) is 13.0. The molecular weight excluding hydrogens is 342 g/mol. The van der Waals surface area contributed by atoms with Crippen molar-refractivity contribution >= 4 is 21.9 Å². The van der Waals surface area contributed by atoms with Crippen LogP contribution in [0.2, 0.25) is 0 Å². The first-order chi connectivity index (χ1) is 10.6. The normalized spacial score (nSPS) is 24.3. The lowest BCUT2D eigenvalue weighted by atomic mass is 9.87. The number of halogens is 1. The summed E-state index contributed by atoms with van der Waals surface area (Å²) in [6.45, 7) is 0.894. The predicted octanol–water partition coefficient (Wildman–Crippen LogP) is 4.55. The van der Waals surface area contributed by atoms with E-state index in [2.05, 4.69) is 15.9 Å². The van der Waals surface area contributed by atoms with E-state index in [0.29, 0.717) is 0 Å². The van der Waals surface area contributed by atoms with Gasteiger partial charge in [0.1, 0.15) is 0 Å². The molecule has 0 spiro atoms. The number of aliphatic carboxylic acids is 1. The molecule has 4 heteroatoms. The van der Waals surface area contributed by atoms with Gasteiger partial charge in [0, 0.05) is 4.47 Å². The minimum absolute atomic E-state index is 0.152. The van der Waals surface area contributed by atoms with Crippen LogP contribution in [0.15, 0.2) is 28.7 Å². The van der Waals surface area contributed by atoms with Crippen molar-refractivity contribution < 1.29 is 9.90 Å². The number of carbonyl (C=O) groups is 1. The summed E-state index contributed by atoms with van der Waals surface area (Å²) < 4.78 is 1.03. The van der Waals surface area contributed by atoms with E-state index in [0.717, 1.165) is 28.9 Å². The molecule has 22 heavy (non-hydrogen) atoms. The van der Waals surface area contributed by atoms with E-state index in [1.807, 2.05) is 24.3 Å². The third-order valence-corrected chi connectivity index (χ3v) is 5.23. The van der Waals surface area contributed by atoms with Gasteiger partial charge < -0.3 is 10.8 Å². The largest absolute Gasteiger partial charge is 0.481 e. The maximum atomic E-state index is 10.6. The van der Waals surface area contributed by atoms with Crippen molar-refractivity contribution in [3.8, 4) is 0 Å². The molecule has 0 radical (unpaired) electrons. The molecule has 2 aliphatic carbocycles. The maximum absolute atomic E-state index is 10.6. The van der Waals surface area contributed by atoms with E-state index in [-0.39, 0.29) is 11.8 Å². The summed E-state index contributed by atoms with van der Waals surface area (Å²) in [6, 6.07) is 7.87. The highest BCUT2D eigenvalue weighted by Gasteiger charge is 2.43. The van der Waals surface area contributed by atoms with E-state index in [9.17, 15) is 4.79 Å². The second-order valence-corrected chi connectivity index (χ2v) is 7.34. The average molecular weight is 368 g/mol. The number of hydrogen-bond donors (Lipinski definition) is 2. The summed E-state index contributed by atoms with van der Waals surface area (Å²) in [5, 5.41) is 8.73. The number of nitrogens with two attached hydrogens (primary N) is 1. The third-order valence-electron chi connectivity index (χ3n) is 4.71. The number of carboxylic acid groups (broad SMARTS) is 1. The zero-order valence-corrected chi connectivity index (χ0v) is 14.6. The fourth-order valence-corrected chi connectivity index (χ4v) is 3.52. The first-order valence-corrected chi connectivity index (χ1v) is 9.09. The molecule has 0 aromatic heterocycles. The van der Waals surface area contributed by atoms with Gasteiger partial charge >= 0.3 is 5.97 Å². The molecule has 0 bridgehead atoms. The molecule has 0 saturated heterocycles. The van der Waals surface area contributed by atoms with Crippen LogP contribution in [0.5, 0.6) is 0 Å². The first kappa shape index (κ1) is 17.5. The van der Waals surface area contributed by atoms with Gasteiger partial charge in [-0.25, -0.2) is 0 Å². The summed E-state index contributed by atoms with van der Waals surface area (Å²) in [4.78, 5) is 10.6. The molecule has 122 valence electrons. The molecular formula is C18H26BrNO2. The second kappa shape index (κ2) is 8.68. The Hall–Kier alpha value is -0.870. The second-order valence-electron chi connectivity index (χ2n) is 6.42. The minimum atomic E-state index is -0.673. The van der Waals surface area contributed by atoms with Crippen molar-refractivity contribution in [2.75, 3.05) is 6.54 Å². The van der Waals surface area contributed by atoms with Crippen LogP contribution in [0.4, 0.5) is 0 Å². The van der Waals surface area contributed by atoms with Gasteiger partial charge in [0.2, 0.25) is 0 Å². The van der Waals surface area contributed by atoms with Crippen molar-refractivity contribution in [2.24, 2.45) is 17.6 Å². The predicted molar refractivity (Wildman–Crippen MR) is 92.9 cm³/mol. The Morgan fingerprint density at radius 3 is 2.32 bits per heavy atom. The van der Waals surface area contributed by atoms with Crippen LogP contribution in [0.25, 0.3) is 0 Å². The molecule has 1 unspecified atom stereocenters. The van der Waals surface area contributed by atoms with Crippen molar-refractivity contribution in [3.63, 3.8) is 0 Å². The standard InChI is InChI=1S/C10H9BrO2.C8H17N/c11-7-3-1-6(2-4-7)8-5-9(8)10(12)13;9-7-6-8-4-2-1-3-5-8/h1-4,8-9H,5H2,(H,12,13);8H,1-7,9H2/t8?,9-;/m1./s1. The van der Waals surface area contributed by atoms with E-state index in [4.69, 9.17) is 10.8 Å². The van der Waals surface area contributed by atoms with Gasteiger partial charge in [-0.05, 0) is 48.9 Å². The summed E-state index contributed by atoms with van der Waals surface area (Å²) in [6.07, 6.45) is 9.29. The molecule has 3 rings (SSSR count). The number of benzene rings is 1. The lowest BCUT2D eigenvalue weighted by Crippen LogP contribution is -2.11. The number of carboxylic acids is 1. The molecule has 2 fully saturated rings. The van der Waals surface area contributed by atoms with Crippen molar-refractivity contribution in [2.45, 2.75) is 50.9 Å². The van der Waals surface area contributed by atoms with Gasteiger partial charge in [-0.3, -0.25) is 4.79 Å². The van der Waals surface area contributed by atoms with Crippen LogP contribution < -0.4 is 5.73 Å². The molecule has 2 aliphatic rings. The lowest BCUT2D eigenvalue weighted by molar-refractivity contribution is -0.138. The van der Waals surface area contributed by atoms with Crippen LogP contribution in [-0.4, -0.2) is 17.6 Å². The van der Waals surface area contributed by atoms with Gasteiger partial charge in [0.05, 0.1) is 5.92 Å². The quantitative estimate of drug-likeness (QED) is 0.819. The molecule has 1 aromatic carbocycles. The van der Waals surface area contributed by atoms with Gasteiger partial charge in [0.15, 0.2) is 0 Å². The molecule has 2 saturated carbocycles.